The molecule has 3 N–H and O–H groups in total. The number of aliphatic hydroxyl groups excluding tert-OH is 1. The monoisotopic (exact) mass is 275 g/mol. The maximum Gasteiger partial charge on any atom is 0.387 e. The summed E-state index contributed by atoms with van der Waals surface area (Å²) < 4.78 is 27.9. The molecule has 1 atom stereocenters. The number of halogens is 2. The Balaban J connectivity index is 2.70. The van der Waals surface area contributed by atoms with Crippen LogP contribution in [-0.2, 0) is 4.79 Å². The Hall–Kier alpha value is -2.22. The van der Waals surface area contributed by atoms with Gasteiger partial charge in [-0.1, -0.05) is 0 Å². The minimum atomic E-state index is -2.97. The number of aliphatic hydroxyl groups is 1. The van der Waals surface area contributed by atoms with Gasteiger partial charge in [0.25, 0.3) is 5.91 Å². The lowest BCUT2D eigenvalue weighted by Gasteiger charge is -2.11. The third kappa shape index (κ3) is 4.51. The van der Waals surface area contributed by atoms with Gasteiger partial charge in [0, 0.05) is 5.56 Å². The molecule has 1 amide bonds. The molecule has 1 rings (SSSR count). The van der Waals surface area contributed by atoms with Crippen LogP contribution in [-0.4, -0.2) is 41.3 Å². The van der Waals surface area contributed by atoms with E-state index < -0.39 is 31.1 Å². The van der Waals surface area contributed by atoms with Crippen molar-refractivity contribution >= 4 is 11.9 Å². The Bertz CT molecular complexity index is 449. The molecule has 0 fully saturated rings. The van der Waals surface area contributed by atoms with E-state index in [4.69, 9.17) is 10.2 Å². The maximum absolute atomic E-state index is 11.9. The van der Waals surface area contributed by atoms with Gasteiger partial charge in [-0.05, 0) is 24.3 Å². The predicted octanol–water partition coefficient (Wildman–Crippen LogP) is 0.463. The van der Waals surface area contributed by atoms with Crippen molar-refractivity contribution in [3.05, 3.63) is 29.8 Å². The van der Waals surface area contributed by atoms with Gasteiger partial charge in [0.2, 0.25) is 0 Å². The van der Waals surface area contributed by atoms with Gasteiger partial charge in [0.05, 0.1) is 6.61 Å². The Morgan fingerprint density at radius 2 is 1.84 bits per heavy atom. The molecule has 0 saturated heterocycles. The number of hydrogen-bond acceptors (Lipinski definition) is 4. The molecule has 0 aliphatic heterocycles. The summed E-state index contributed by atoms with van der Waals surface area (Å²) in [4.78, 5) is 22.2. The van der Waals surface area contributed by atoms with Gasteiger partial charge >= 0.3 is 12.6 Å². The average molecular weight is 275 g/mol. The molecule has 8 heteroatoms. The molecule has 0 aliphatic carbocycles. The molecule has 6 nitrogen and oxygen atoms in total. The van der Waals surface area contributed by atoms with Crippen molar-refractivity contribution in [2.24, 2.45) is 0 Å². The quantitative estimate of drug-likeness (QED) is 0.701. The van der Waals surface area contributed by atoms with Gasteiger partial charge in [-0.25, -0.2) is 4.79 Å². The molecule has 1 aromatic carbocycles. The summed E-state index contributed by atoms with van der Waals surface area (Å²) in [6, 6.07) is 3.27. The lowest BCUT2D eigenvalue weighted by Crippen LogP contribution is -2.43. The molecule has 1 unspecified atom stereocenters. The fourth-order valence-electron chi connectivity index (χ4n) is 1.21. The number of alkyl halides is 2. The van der Waals surface area contributed by atoms with Crippen LogP contribution in [0.3, 0.4) is 0 Å². The number of aliphatic carboxylic acids is 1. The van der Waals surface area contributed by atoms with E-state index in [2.05, 4.69) is 10.1 Å². The number of amides is 1. The third-order valence-corrected chi connectivity index (χ3v) is 2.13. The maximum atomic E-state index is 11.9. The van der Waals surface area contributed by atoms with E-state index in [1.807, 2.05) is 0 Å². The summed E-state index contributed by atoms with van der Waals surface area (Å²) in [5.74, 6) is -2.25. The van der Waals surface area contributed by atoms with Gasteiger partial charge < -0.3 is 20.3 Å². The normalized spacial score (nSPS) is 12.0. The molecule has 0 heterocycles. The second-order valence-electron chi connectivity index (χ2n) is 3.45. The van der Waals surface area contributed by atoms with Gasteiger partial charge in [-0.3, -0.25) is 4.79 Å². The van der Waals surface area contributed by atoms with Crippen molar-refractivity contribution < 1.29 is 33.3 Å². The lowest BCUT2D eigenvalue weighted by atomic mass is 10.2. The van der Waals surface area contributed by atoms with Crippen LogP contribution in [0.25, 0.3) is 0 Å². The number of ether oxygens (including phenoxy) is 1. The summed E-state index contributed by atoms with van der Waals surface area (Å²) >= 11 is 0. The number of carbonyl (C=O) groups is 2. The van der Waals surface area contributed by atoms with E-state index in [1.165, 1.54) is 12.1 Å². The summed E-state index contributed by atoms with van der Waals surface area (Å²) in [6.07, 6.45) is 0. The summed E-state index contributed by atoms with van der Waals surface area (Å²) in [5, 5.41) is 19.4. The van der Waals surface area contributed by atoms with Gasteiger partial charge in [-0.2, -0.15) is 8.78 Å². The number of carboxylic acids is 1. The minimum Gasteiger partial charge on any atom is -0.480 e. The Morgan fingerprint density at radius 3 is 2.26 bits per heavy atom. The van der Waals surface area contributed by atoms with E-state index in [0.717, 1.165) is 12.1 Å². The van der Waals surface area contributed by atoms with E-state index in [1.54, 1.807) is 0 Å². The SMILES string of the molecule is O=C(NC(CO)C(=O)O)c1ccc(OC(F)F)cc1. The summed E-state index contributed by atoms with van der Waals surface area (Å²) in [7, 11) is 0. The van der Waals surface area contributed by atoms with Crippen molar-refractivity contribution in [1.29, 1.82) is 0 Å². The number of carboxylic acid groups (broad SMARTS) is 1. The second-order valence-corrected chi connectivity index (χ2v) is 3.45. The number of rotatable bonds is 6. The van der Waals surface area contributed by atoms with Crippen molar-refractivity contribution in [3.63, 3.8) is 0 Å². The Morgan fingerprint density at radius 1 is 1.26 bits per heavy atom. The first-order valence-corrected chi connectivity index (χ1v) is 5.13. The zero-order chi connectivity index (χ0) is 14.4. The minimum absolute atomic E-state index is 0.0568. The Kier molecular flexibility index (Phi) is 5.19. The zero-order valence-corrected chi connectivity index (χ0v) is 9.55. The highest BCUT2D eigenvalue weighted by molar-refractivity contribution is 5.96. The number of carbonyl (C=O) groups excluding carboxylic acids is 1. The topological polar surface area (TPSA) is 95.9 Å². The van der Waals surface area contributed by atoms with Gasteiger partial charge in [0.1, 0.15) is 5.75 Å². The average Bonchev–Trinajstić information content (AvgIpc) is 2.35. The molecule has 0 radical (unpaired) electrons. The van der Waals surface area contributed by atoms with Crippen LogP contribution in [0.1, 0.15) is 10.4 Å². The molecule has 0 saturated carbocycles. The van der Waals surface area contributed by atoms with E-state index >= 15 is 0 Å². The number of benzene rings is 1. The second kappa shape index (κ2) is 6.64. The van der Waals surface area contributed by atoms with Crippen molar-refractivity contribution in [2.75, 3.05) is 6.61 Å². The van der Waals surface area contributed by atoms with Crippen LogP contribution in [0.15, 0.2) is 24.3 Å². The molecule has 104 valence electrons. The van der Waals surface area contributed by atoms with Crippen LogP contribution in [0.2, 0.25) is 0 Å². The highest BCUT2D eigenvalue weighted by Crippen LogP contribution is 2.14. The first-order chi connectivity index (χ1) is 8.93. The molecule has 0 aliphatic rings. The van der Waals surface area contributed by atoms with E-state index in [-0.39, 0.29) is 11.3 Å². The lowest BCUT2D eigenvalue weighted by molar-refractivity contribution is -0.140. The van der Waals surface area contributed by atoms with Crippen molar-refractivity contribution in [3.8, 4) is 5.75 Å². The van der Waals surface area contributed by atoms with Crippen molar-refractivity contribution in [1.82, 2.24) is 5.32 Å². The molecule has 1 aromatic rings. The highest BCUT2D eigenvalue weighted by atomic mass is 19.3. The zero-order valence-electron chi connectivity index (χ0n) is 9.55. The summed E-state index contributed by atoms with van der Waals surface area (Å²) in [6.45, 7) is -3.72. The van der Waals surface area contributed by atoms with Gasteiger partial charge in [-0.15, -0.1) is 0 Å². The standard InChI is InChI=1S/C11H11F2NO5/c12-11(13)19-7-3-1-6(2-4-7)9(16)14-8(5-15)10(17)18/h1-4,8,11,15H,5H2,(H,14,16)(H,17,18). The fourth-order valence-corrected chi connectivity index (χ4v) is 1.21. The van der Waals surface area contributed by atoms with Gasteiger partial charge in [0.15, 0.2) is 6.04 Å². The largest absolute Gasteiger partial charge is 0.480 e. The fraction of sp³-hybridized carbons (Fsp3) is 0.273. The smallest absolute Gasteiger partial charge is 0.387 e. The molecular weight excluding hydrogens is 264 g/mol. The first-order valence-electron chi connectivity index (χ1n) is 5.13. The van der Waals surface area contributed by atoms with Crippen LogP contribution in [0.5, 0.6) is 5.75 Å². The van der Waals surface area contributed by atoms with Crippen LogP contribution in [0, 0.1) is 0 Å². The predicted molar refractivity (Wildman–Crippen MR) is 59.0 cm³/mol. The molecule has 0 aromatic heterocycles. The molecule has 0 spiro atoms. The number of nitrogens with one attached hydrogen (secondary N) is 1. The van der Waals surface area contributed by atoms with E-state index in [0.29, 0.717) is 0 Å². The van der Waals surface area contributed by atoms with Crippen LogP contribution < -0.4 is 10.1 Å². The highest BCUT2D eigenvalue weighted by Gasteiger charge is 2.19. The van der Waals surface area contributed by atoms with E-state index in [9.17, 15) is 18.4 Å². The number of hydrogen-bond donors (Lipinski definition) is 3. The molecular formula is C11H11F2NO5. The van der Waals surface area contributed by atoms with Crippen LogP contribution in [0.4, 0.5) is 8.78 Å². The Labute approximate surface area is 106 Å². The van der Waals surface area contributed by atoms with Crippen LogP contribution >= 0.6 is 0 Å². The molecule has 19 heavy (non-hydrogen) atoms. The molecule has 0 bridgehead atoms. The first kappa shape index (κ1) is 14.8. The third-order valence-electron chi connectivity index (χ3n) is 2.13. The van der Waals surface area contributed by atoms with Crippen molar-refractivity contribution in [2.45, 2.75) is 12.7 Å². The summed E-state index contributed by atoms with van der Waals surface area (Å²) in [5.41, 5.74) is 0.0568.